The summed E-state index contributed by atoms with van der Waals surface area (Å²) in [5.41, 5.74) is 0. The first-order valence-corrected chi connectivity index (χ1v) is 24.7. The van der Waals surface area contributed by atoms with Crippen LogP contribution in [0.4, 0.5) is 0 Å². The zero-order valence-electron chi connectivity index (χ0n) is 39.3. The quantitative estimate of drug-likeness (QED) is 0.0201. The number of aliphatic hydroxyl groups excluding tert-OH is 4. The van der Waals surface area contributed by atoms with Crippen molar-refractivity contribution in [1.29, 1.82) is 0 Å². The van der Waals surface area contributed by atoms with E-state index in [0.29, 0.717) is 38.5 Å². The van der Waals surface area contributed by atoms with Gasteiger partial charge in [-0.05, 0) is 50.9 Å². The van der Waals surface area contributed by atoms with E-state index in [1.54, 1.807) is 0 Å². The first-order valence-electron chi connectivity index (χ1n) is 24.7. The number of nitrogens with one attached hydrogen (secondary N) is 1. The molecule has 0 saturated carbocycles. The van der Waals surface area contributed by atoms with Crippen LogP contribution >= 0.6 is 0 Å². The average molecular weight is 902 g/mol. The van der Waals surface area contributed by atoms with Gasteiger partial charge in [-0.1, -0.05) is 137 Å². The fourth-order valence-corrected chi connectivity index (χ4v) is 8.19. The fraction of sp³-hybridized carbons (Fsp3) is 0.896. The van der Waals surface area contributed by atoms with Gasteiger partial charge < -0.3 is 49.8 Å². The van der Waals surface area contributed by atoms with Crippen LogP contribution in [0.5, 0.6) is 0 Å². The summed E-state index contributed by atoms with van der Waals surface area (Å²) in [6, 6.07) is 0. The van der Waals surface area contributed by atoms with Crippen molar-refractivity contribution in [3.63, 3.8) is 0 Å². The molecule has 15 nitrogen and oxygen atoms in total. The molecule has 1 amide bonds. The molecule has 63 heavy (non-hydrogen) atoms. The molecule has 0 radical (unpaired) electrons. The number of carboxylic acid groups (broad SMARTS) is 1. The summed E-state index contributed by atoms with van der Waals surface area (Å²) < 4.78 is 23.7. The second kappa shape index (κ2) is 36.4. The zero-order valence-corrected chi connectivity index (χ0v) is 39.3. The molecule has 15 heteroatoms. The minimum Gasteiger partial charge on any atom is -0.480 e. The van der Waals surface area contributed by atoms with Crippen molar-refractivity contribution in [3.05, 3.63) is 0 Å². The van der Waals surface area contributed by atoms with Gasteiger partial charge in [0.2, 0.25) is 5.91 Å². The number of esters is 3. The molecule has 1 rings (SSSR count). The first kappa shape index (κ1) is 58.2. The summed E-state index contributed by atoms with van der Waals surface area (Å²) in [7, 11) is 0. The molecule has 0 aromatic rings. The molecule has 0 bridgehead atoms. The molecular weight excluding hydrogens is 815 g/mol. The van der Waals surface area contributed by atoms with Crippen LogP contribution in [0.2, 0.25) is 0 Å². The third kappa shape index (κ3) is 27.3. The Bertz CT molecular complexity index is 1230. The summed E-state index contributed by atoms with van der Waals surface area (Å²) in [5, 5.41) is 53.1. The Kier molecular flexibility index (Phi) is 33.6. The normalized spacial score (nSPS) is 20.6. The summed E-state index contributed by atoms with van der Waals surface area (Å²) in [4.78, 5) is 64.4. The largest absolute Gasteiger partial charge is 0.480 e. The van der Waals surface area contributed by atoms with Gasteiger partial charge in [-0.2, -0.15) is 0 Å². The van der Waals surface area contributed by atoms with Gasteiger partial charge in [0.15, 0.2) is 0 Å². The summed E-state index contributed by atoms with van der Waals surface area (Å²) >= 11 is 0. The maximum atomic E-state index is 13.7. The molecule has 6 N–H and O–H groups in total. The summed E-state index contributed by atoms with van der Waals surface area (Å²) in [6.45, 7) is 7.31. The van der Waals surface area contributed by atoms with Crippen molar-refractivity contribution in [1.82, 2.24) is 5.32 Å². The van der Waals surface area contributed by atoms with Crippen LogP contribution < -0.4 is 5.32 Å². The molecule has 1 aliphatic heterocycles. The number of hydrogen-bond acceptors (Lipinski definition) is 13. The topological polar surface area (TPSA) is 235 Å². The van der Waals surface area contributed by atoms with Crippen LogP contribution in [0.3, 0.4) is 0 Å². The molecule has 1 saturated heterocycles. The van der Waals surface area contributed by atoms with E-state index >= 15 is 0 Å². The number of ether oxygens (including phenoxy) is 4. The number of carbonyl (C=O) groups excluding carboxylic acids is 4. The molecule has 0 aromatic heterocycles. The van der Waals surface area contributed by atoms with Crippen molar-refractivity contribution in [2.24, 2.45) is 5.92 Å². The summed E-state index contributed by atoms with van der Waals surface area (Å²) in [6.07, 6.45) is 10.5. The van der Waals surface area contributed by atoms with Gasteiger partial charge in [-0.15, -0.1) is 0 Å². The number of carboxylic acids is 1. The molecule has 0 aromatic carbocycles. The number of aliphatic carboxylic acids is 1. The predicted octanol–water partition coefficient (Wildman–Crippen LogP) is 7.38. The molecular formula is C48H87NO14. The van der Waals surface area contributed by atoms with Gasteiger partial charge in [0.1, 0.15) is 49.3 Å². The van der Waals surface area contributed by atoms with Crippen molar-refractivity contribution < 1.29 is 68.5 Å². The van der Waals surface area contributed by atoms with Gasteiger partial charge in [0.25, 0.3) is 0 Å². The summed E-state index contributed by atoms with van der Waals surface area (Å²) in [5.74, 6) is -4.19. The molecule has 1 heterocycles. The van der Waals surface area contributed by atoms with Crippen LogP contribution in [0.1, 0.15) is 207 Å². The van der Waals surface area contributed by atoms with E-state index in [2.05, 4.69) is 33.0 Å². The van der Waals surface area contributed by atoms with Crippen molar-refractivity contribution in [2.75, 3.05) is 13.2 Å². The maximum Gasteiger partial charge on any atom is 0.322 e. The second-order valence-electron chi connectivity index (χ2n) is 17.7. The molecule has 0 unspecified atom stereocenters. The fourth-order valence-electron chi connectivity index (χ4n) is 8.19. The second-order valence-corrected chi connectivity index (χ2v) is 17.7. The Balaban J connectivity index is 3.19. The number of carbonyl (C=O) groups is 5. The maximum absolute atomic E-state index is 13.7. The van der Waals surface area contributed by atoms with Crippen LogP contribution in [-0.2, 0) is 42.9 Å². The highest BCUT2D eigenvalue weighted by atomic mass is 16.6. The minimum atomic E-state index is -1.58. The molecule has 9 atom stereocenters. The SMILES string of the molecule is CCCCCCC[C@H](CC(=O)NCC(=O)O)OC(=O)C[C@@H](CCCCCCC)OC(=O)C[C@@H](CCCCCCC)OC(=O)C[C@@H](CCCCCCC)[C@@H]1O[C@H](CO)[C@@H](O)[C@H](O)[C@H]1O. The van der Waals surface area contributed by atoms with Crippen LogP contribution in [-0.4, -0.2) is 117 Å². The van der Waals surface area contributed by atoms with Crippen LogP contribution in [0.15, 0.2) is 0 Å². The Labute approximate surface area is 378 Å². The van der Waals surface area contributed by atoms with E-state index in [-0.39, 0.29) is 25.7 Å². The lowest BCUT2D eigenvalue weighted by Crippen LogP contribution is -2.60. The molecule has 0 spiro atoms. The number of hydrogen-bond donors (Lipinski definition) is 6. The average Bonchev–Trinajstić information content (AvgIpc) is 3.24. The van der Waals surface area contributed by atoms with E-state index < -0.39 is 97.7 Å². The Morgan fingerprint density at radius 3 is 1.29 bits per heavy atom. The van der Waals surface area contributed by atoms with Gasteiger partial charge in [0.05, 0.1) is 38.4 Å². The van der Waals surface area contributed by atoms with Gasteiger partial charge in [0, 0.05) is 0 Å². The van der Waals surface area contributed by atoms with Crippen molar-refractivity contribution in [2.45, 2.75) is 256 Å². The number of rotatable bonds is 39. The molecule has 1 aliphatic rings. The van der Waals surface area contributed by atoms with Gasteiger partial charge >= 0.3 is 23.9 Å². The van der Waals surface area contributed by atoms with Gasteiger partial charge in [-0.3, -0.25) is 24.0 Å². The van der Waals surface area contributed by atoms with Crippen LogP contribution in [0.25, 0.3) is 0 Å². The minimum absolute atomic E-state index is 0.182. The third-order valence-electron chi connectivity index (χ3n) is 11.9. The Morgan fingerprint density at radius 2 is 0.889 bits per heavy atom. The number of unbranched alkanes of at least 4 members (excludes halogenated alkanes) is 16. The van der Waals surface area contributed by atoms with E-state index in [1.165, 1.54) is 0 Å². The highest BCUT2D eigenvalue weighted by Gasteiger charge is 2.46. The highest BCUT2D eigenvalue weighted by Crippen LogP contribution is 2.32. The Morgan fingerprint density at radius 1 is 0.508 bits per heavy atom. The van der Waals surface area contributed by atoms with E-state index in [0.717, 1.165) is 116 Å². The van der Waals surface area contributed by atoms with Crippen molar-refractivity contribution >= 4 is 29.8 Å². The molecule has 1 fully saturated rings. The number of amides is 1. The first-order chi connectivity index (χ1) is 30.3. The molecule has 0 aliphatic carbocycles. The van der Waals surface area contributed by atoms with Gasteiger partial charge in [-0.25, -0.2) is 0 Å². The third-order valence-corrected chi connectivity index (χ3v) is 11.9. The lowest BCUT2D eigenvalue weighted by Gasteiger charge is -2.43. The van der Waals surface area contributed by atoms with Crippen LogP contribution in [0, 0.1) is 5.92 Å². The monoisotopic (exact) mass is 902 g/mol. The smallest absolute Gasteiger partial charge is 0.322 e. The lowest BCUT2D eigenvalue weighted by molar-refractivity contribution is -0.242. The molecule has 368 valence electrons. The number of aliphatic hydroxyl groups is 4. The predicted molar refractivity (Wildman–Crippen MR) is 240 cm³/mol. The standard InChI is InChI=1S/C48H87NO14/c1-5-9-13-17-21-25-35(48-47(59)46(58)45(57)39(34-50)63-48)29-42(54)61-37(27-23-19-15-11-7-3)31-44(56)62-38(28-24-20-16-12-8-4)32-43(55)60-36(26-22-18-14-10-6-2)30-40(51)49-33-41(52)53/h35-39,45-48,50,57-59H,5-34H2,1-4H3,(H,49,51)(H,52,53)/t35-,36-,37-,38-,39-,45-,46+,47-,48+/m1/s1. The zero-order chi connectivity index (χ0) is 46.8. The van der Waals surface area contributed by atoms with Crippen molar-refractivity contribution in [3.8, 4) is 0 Å². The van der Waals surface area contributed by atoms with E-state index in [4.69, 9.17) is 24.1 Å². The van der Waals surface area contributed by atoms with E-state index in [9.17, 15) is 44.4 Å². The Hall–Kier alpha value is -2.85. The van der Waals surface area contributed by atoms with E-state index in [1.807, 2.05) is 0 Å². The highest BCUT2D eigenvalue weighted by molar-refractivity contribution is 5.81. The lowest BCUT2D eigenvalue weighted by atomic mass is 9.83.